The molecule has 0 aromatic carbocycles. The van der Waals surface area contributed by atoms with E-state index in [1.807, 2.05) is 0 Å². The number of amides is 1. The first-order chi connectivity index (χ1) is 8.09. The number of carbonyl (C=O) groups is 1. The Kier molecular flexibility index (Phi) is 3.91. The number of hydrogen-bond donors (Lipinski definition) is 2. The number of hydrogen-bond acceptors (Lipinski definition) is 4. The lowest BCUT2D eigenvalue weighted by Crippen LogP contribution is -2.43. The Labute approximate surface area is 109 Å². The van der Waals surface area contributed by atoms with Crippen LogP contribution in [-0.2, 0) is 0 Å². The third-order valence-electron chi connectivity index (χ3n) is 2.61. The number of aliphatic hydroxyl groups is 1. The lowest BCUT2D eigenvalue weighted by molar-refractivity contribution is 0.0611. The summed E-state index contributed by atoms with van der Waals surface area (Å²) in [6.07, 6.45) is 0.709. The molecule has 1 amide bonds. The topological polar surface area (TPSA) is 62.2 Å². The lowest BCUT2D eigenvalue weighted by Gasteiger charge is -2.21. The van der Waals surface area contributed by atoms with Gasteiger partial charge in [-0.15, -0.1) is 0 Å². The van der Waals surface area contributed by atoms with E-state index < -0.39 is 5.60 Å². The summed E-state index contributed by atoms with van der Waals surface area (Å²) < 4.78 is 0. The first kappa shape index (κ1) is 12.7. The van der Waals surface area contributed by atoms with Gasteiger partial charge in [0.25, 0.3) is 5.91 Å². The zero-order chi connectivity index (χ0) is 12.3. The van der Waals surface area contributed by atoms with Gasteiger partial charge in [0.1, 0.15) is 10.8 Å². The van der Waals surface area contributed by atoms with Crippen LogP contribution in [0.5, 0.6) is 0 Å². The highest BCUT2D eigenvalue weighted by Gasteiger charge is 2.32. The van der Waals surface area contributed by atoms with Gasteiger partial charge >= 0.3 is 0 Å². The molecule has 1 aliphatic rings. The molecule has 1 saturated heterocycles. The summed E-state index contributed by atoms with van der Waals surface area (Å²) in [4.78, 5) is 15.7. The van der Waals surface area contributed by atoms with E-state index in [0.717, 1.165) is 5.75 Å². The summed E-state index contributed by atoms with van der Waals surface area (Å²) >= 11 is 7.39. The first-order valence-electron chi connectivity index (χ1n) is 5.30. The zero-order valence-electron chi connectivity index (χ0n) is 9.15. The van der Waals surface area contributed by atoms with Crippen molar-refractivity contribution in [1.29, 1.82) is 0 Å². The smallest absolute Gasteiger partial charge is 0.270 e. The Bertz CT molecular complexity index is 422. The van der Waals surface area contributed by atoms with Crippen LogP contribution in [0.3, 0.4) is 0 Å². The van der Waals surface area contributed by atoms with Gasteiger partial charge in [0.2, 0.25) is 0 Å². The maximum atomic E-state index is 11.7. The van der Waals surface area contributed by atoms with E-state index in [4.69, 9.17) is 11.6 Å². The van der Waals surface area contributed by atoms with Gasteiger partial charge in [-0.3, -0.25) is 4.79 Å². The predicted octanol–water partition coefficient (Wildman–Crippen LogP) is 1.33. The summed E-state index contributed by atoms with van der Waals surface area (Å²) in [6.45, 7) is 0.257. The van der Waals surface area contributed by atoms with Gasteiger partial charge in [-0.2, -0.15) is 11.8 Å². The van der Waals surface area contributed by atoms with Crippen molar-refractivity contribution in [3.05, 3.63) is 29.0 Å². The van der Waals surface area contributed by atoms with Crippen molar-refractivity contribution in [3.63, 3.8) is 0 Å². The summed E-state index contributed by atoms with van der Waals surface area (Å²) in [6, 6.07) is 4.87. The normalized spacial score (nSPS) is 23.6. The second-order valence-corrected chi connectivity index (χ2v) is 5.55. The van der Waals surface area contributed by atoms with Crippen LogP contribution in [0.25, 0.3) is 0 Å². The molecule has 2 N–H and O–H groups in total. The van der Waals surface area contributed by atoms with Gasteiger partial charge in [-0.1, -0.05) is 17.7 Å². The molecule has 0 bridgehead atoms. The molecular weight excluding hydrogens is 260 g/mol. The highest BCUT2D eigenvalue weighted by atomic mass is 35.5. The third-order valence-corrected chi connectivity index (χ3v) is 4.05. The van der Waals surface area contributed by atoms with Crippen LogP contribution in [-0.4, -0.2) is 39.6 Å². The average molecular weight is 273 g/mol. The molecule has 6 heteroatoms. The third kappa shape index (κ3) is 3.34. The molecule has 0 radical (unpaired) electrons. The van der Waals surface area contributed by atoms with E-state index in [9.17, 15) is 9.90 Å². The van der Waals surface area contributed by atoms with Crippen LogP contribution in [0, 0.1) is 0 Å². The molecule has 4 nitrogen and oxygen atoms in total. The number of nitrogens with one attached hydrogen (secondary N) is 1. The monoisotopic (exact) mass is 272 g/mol. The molecule has 2 rings (SSSR count). The Morgan fingerprint density at radius 3 is 3.12 bits per heavy atom. The minimum absolute atomic E-state index is 0.257. The van der Waals surface area contributed by atoms with Gasteiger partial charge < -0.3 is 10.4 Å². The Morgan fingerprint density at radius 2 is 2.47 bits per heavy atom. The largest absolute Gasteiger partial charge is 0.387 e. The van der Waals surface area contributed by atoms with Crippen LogP contribution < -0.4 is 5.32 Å². The van der Waals surface area contributed by atoms with E-state index >= 15 is 0 Å². The van der Waals surface area contributed by atoms with Crippen molar-refractivity contribution in [2.45, 2.75) is 12.0 Å². The van der Waals surface area contributed by atoms with Crippen LogP contribution in [0.2, 0.25) is 5.15 Å². The fourth-order valence-corrected chi connectivity index (χ4v) is 3.06. The number of nitrogens with zero attached hydrogens (tertiary/aromatic N) is 1. The molecular formula is C11H13ClN2O2S. The van der Waals surface area contributed by atoms with Gasteiger partial charge in [0.05, 0.1) is 5.60 Å². The van der Waals surface area contributed by atoms with Crippen molar-refractivity contribution < 1.29 is 9.90 Å². The molecule has 0 spiro atoms. The molecule has 1 aromatic heterocycles. The van der Waals surface area contributed by atoms with E-state index in [-0.39, 0.29) is 23.3 Å². The predicted molar refractivity (Wildman–Crippen MR) is 68.5 cm³/mol. The maximum absolute atomic E-state index is 11.7. The van der Waals surface area contributed by atoms with Crippen molar-refractivity contribution in [1.82, 2.24) is 10.3 Å². The highest BCUT2D eigenvalue weighted by molar-refractivity contribution is 7.99. The SMILES string of the molecule is O=C(NCC1(O)CCSC1)c1cccc(Cl)n1. The van der Waals surface area contributed by atoms with Crippen molar-refractivity contribution in [3.8, 4) is 0 Å². The van der Waals surface area contributed by atoms with E-state index in [1.54, 1.807) is 30.0 Å². The van der Waals surface area contributed by atoms with Crippen molar-refractivity contribution in [2.24, 2.45) is 0 Å². The second-order valence-electron chi connectivity index (χ2n) is 4.06. The molecule has 0 saturated carbocycles. The molecule has 2 heterocycles. The number of thioether (sulfide) groups is 1. The standard InChI is InChI=1S/C11H13ClN2O2S/c12-9-3-1-2-8(14-9)10(15)13-6-11(16)4-5-17-7-11/h1-3,16H,4-7H2,(H,13,15). The molecule has 1 fully saturated rings. The van der Waals surface area contributed by atoms with E-state index in [0.29, 0.717) is 12.2 Å². The minimum Gasteiger partial charge on any atom is -0.387 e. The molecule has 1 atom stereocenters. The highest BCUT2D eigenvalue weighted by Crippen LogP contribution is 2.26. The van der Waals surface area contributed by atoms with Crippen molar-refractivity contribution in [2.75, 3.05) is 18.1 Å². The number of aromatic nitrogens is 1. The van der Waals surface area contributed by atoms with Gasteiger partial charge in [0.15, 0.2) is 0 Å². The quantitative estimate of drug-likeness (QED) is 0.815. The molecule has 17 heavy (non-hydrogen) atoms. The van der Waals surface area contributed by atoms with Crippen LogP contribution in [0.1, 0.15) is 16.9 Å². The number of rotatable bonds is 3. The van der Waals surface area contributed by atoms with Gasteiger partial charge in [0, 0.05) is 12.3 Å². The van der Waals surface area contributed by atoms with Crippen LogP contribution >= 0.6 is 23.4 Å². The fourth-order valence-electron chi connectivity index (χ4n) is 1.61. The molecule has 92 valence electrons. The first-order valence-corrected chi connectivity index (χ1v) is 6.83. The molecule has 1 aromatic rings. The van der Waals surface area contributed by atoms with Gasteiger partial charge in [-0.05, 0) is 24.3 Å². The summed E-state index contributed by atoms with van der Waals surface area (Å²) in [5, 5.41) is 13.0. The summed E-state index contributed by atoms with van der Waals surface area (Å²) in [7, 11) is 0. The number of halogens is 1. The van der Waals surface area contributed by atoms with Gasteiger partial charge in [-0.25, -0.2) is 4.98 Å². The molecule has 1 aliphatic heterocycles. The van der Waals surface area contributed by atoms with Crippen LogP contribution in [0.15, 0.2) is 18.2 Å². The zero-order valence-corrected chi connectivity index (χ0v) is 10.7. The average Bonchev–Trinajstić information content (AvgIpc) is 2.74. The van der Waals surface area contributed by atoms with E-state index in [1.165, 1.54) is 0 Å². The Hall–Kier alpha value is -0.780. The second kappa shape index (κ2) is 5.25. The van der Waals surface area contributed by atoms with Crippen molar-refractivity contribution >= 4 is 29.3 Å². The summed E-state index contributed by atoms with van der Waals surface area (Å²) in [5.41, 5.74) is -0.509. The van der Waals surface area contributed by atoms with E-state index in [2.05, 4.69) is 10.3 Å². The Morgan fingerprint density at radius 1 is 1.65 bits per heavy atom. The number of pyridine rings is 1. The summed E-state index contributed by atoms with van der Waals surface area (Å²) in [5.74, 6) is 1.29. The maximum Gasteiger partial charge on any atom is 0.270 e. The molecule has 1 unspecified atom stereocenters. The Balaban J connectivity index is 1.93. The minimum atomic E-state index is -0.779. The molecule has 0 aliphatic carbocycles. The number of carbonyl (C=O) groups excluding carboxylic acids is 1. The fraction of sp³-hybridized carbons (Fsp3) is 0.455. The van der Waals surface area contributed by atoms with Crippen LogP contribution in [0.4, 0.5) is 0 Å². The lowest BCUT2D eigenvalue weighted by atomic mass is 10.0.